The number of nitrogens with zero attached hydrogens (tertiary/aromatic N) is 1. The fourth-order valence-electron chi connectivity index (χ4n) is 5.77. The van der Waals surface area contributed by atoms with Gasteiger partial charge in [-0.2, -0.15) is 0 Å². The second-order valence-electron chi connectivity index (χ2n) is 11.2. The number of hydrogen-bond acceptors (Lipinski definition) is 9. The predicted molar refractivity (Wildman–Crippen MR) is 169 cm³/mol. The highest BCUT2D eigenvalue weighted by Crippen LogP contribution is 2.35. The minimum atomic E-state index is -1.42. The fourth-order valence-corrected chi connectivity index (χ4v) is 5.77. The molecule has 0 saturated carbocycles. The Hall–Kier alpha value is -5.12. The van der Waals surface area contributed by atoms with Gasteiger partial charge in [-0.05, 0) is 66.9 Å². The van der Waals surface area contributed by atoms with Crippen LogP contribution in [0.25, 0.3) is 0 Å². The molecular formula is C33H36F2N6O7. The van der Waals surface area contributed by atoms with Crippen molar-refractivity contribution < 1.29 is 41.8 Å². The van der Waals surface area contributed by atoms with E-state index in [2.05, 4.69) is 26.6 Å². The summed E-state index contributed by atoms with van der Waals surface area (Å²) in [7, 11) is 2.47. The molecule has 5 amide bonds. The molecule has 3 atom stereocenters. The zero-order valence-electron chi connectivity index (χ0n) is 26.3. The molecule has 15 heteroatoms. The van der Waals surface area contributed by atoms with Crippen LogP contribution in [0.3, 0.4) is 0 Å². The number of rotatable bonds is 11. The standard InChI is InChI=1S/C33H36F2N6O7/c1-46-18-26-28(31(43)47-2)29(20-7-10-23(34)24(35)16-20)41(33(45)40-26)32(44)38-14-13-36-22-11-12-37-25(17-22)19-5-8-21(9-6-19)39-30(42)27-4-3-15-48-27/h3-10,15-16,22,25,29,36-37H,11-14,17-18H2,1-2H3,(H,38,44)(H,39,42)(H,40,45)/t22-,25-,29-/m0/s1. The van der Waals surface area contributed by atoms with Gasteiger partial charge in [0.2, 0.25) is 0 Å². The molecule has 3 aromatic rings. The second-order valence-corrected chi connectivity index (χ2v) is 11.2. The molecule has 0 bridgehead atoms. The van der Waals surface area contributed by atoms with Crippen LogP contribution < -0.4 is 26.6 Å². The number of nitrogens with one attached hydrogen (secondary N) is 5. The van der Waals surface area contributed by atoms with Crippen molar-refractivity contribution in [3.63, 3.8) is 0 Å². The van der Waals surface area contributed by atoms with E-state index >= 15 is 0 Å². The molecule has 3 heterocycles. The third kappa shape index (κ3) is 7.87. The van der Waals surface area contributed by atoms with Crippen LogP contribution in [0.2, 0.25) is 0 Å². The second kappa shape index (κ2) is 15.6. The molecule has 1 fully saturated rings. The monoisotopic (exact) mass is 666 g/mol. The average Bonchev–Trinajstić information content (AvgIpc) is 3.64. The molecular weight excluding hydrogens is 630 g/mol. The minimum absolute atomic E-state index is 0.0142. The van der Waals surface area contributed by atoms with Crippen LogP contribution in [-0.4, -0.2) is 75.3 Å². The van der Waals surface area contributed by atoms with Crippen LogP contribution in [0.5, 0.6) is 0 Å². The van der Waals surface area contributed by atoms with Gasteiger partial charge in [-0.3, -0.25) is 4.79 Å². The third-order valence-corrected chi connectivity index (χ3v) is 8.06. The first-order valence-electron chi connectivity index (χ1n) is 15.2. The molecule has 2 aliphatic heterocycles. The Morgan fingerprint density at radius 1 is 1.02 bits per heavy atom. The van der Waals surface area contributed by atoms with E-state index in [1.54, 1.807) is 12.1 Å². The number of benzene rings is 2. The number of halogens is 2. The van der Waals surface area contributed by atoms with Gasteiger partial charge in [0.05, 0.1) is 31.2 Å². The van der Waals surface area contributed by atoms with Crippen LogP contribution >= 0.6 is 0 Å². The van der Waals surface area contributed by atoms with Gasteiger partial charge in [-0.25, -0.2) is 28.1 Å². The van der Waals surface area contributed by atoms with Crippen LogP contribution in [0.4, 0.5) is 24.1 Å². The molecule has 0 unspecified atom stereocenters. The first kappa shape index (κ1) is 34.2. The van der Waals surface area contributed by atoms with Crippen LogP contribution in [0.15, 0.2) is 76.5 Å². The third-order valence-electron chi connectivity index (χ3n) is 8.06. The number of furan rings is 1. The van der Waals surface area contributed by atoms with E-state index in [-0.39, 0.29) is 53.7 Å². The van der Waals surface area contributed by atoms with E-state index < -0.39 is 35.7 Å². The van der Waals surface area contributed by atoms with Crippen LogP contribution in [0, 0.1) is 11.6 Å². The summed E-state index contributed by atoms with van der Waals surface area (Å²) in [6, 6.07) is 10.6. The summed E-state index contributed by atoms with van der Waals surface area (Å²) in [6.45, 7) is 1.02. The van der Waals surface area contributed by atoms with Gasteiger partial charge in [0.1, 0.15) is 6.04 Å². The van der Waals surface area contributed by atoms with Crippen molar-refractivity contribution in [2.24, 2.45) is 0 Å². The fraction of sp³-hybridized carbons (Fsp3) is 0.333. The largest absolute Gasteiger partial charge is 0.466 e. The molecule has 5 rings (SSSR count). The number of methoxy groups -OCH3 is 2. The number of piperidine rings is 1. The zero-order chi connectivity index (χ0) is 34.2. The number of carbonyl (C=O) groups is 4. The number of ether oxygens (including phenoxy) is 2. The van der Waals surface area contributed by atoms with Gasteiger partial charge in [0, 0.05) is 38.0 Å². The number of esters is 1. The summed E-state index contributed by atoms with van der Waals surface area (Å²) in [5, 5.41) is 14.9. The smallest absolute Gasteiger partial charge is 0.338 e. The van der Waals surface area contributed by atoms with Gasteiger partial charge in [0.15, 0.2) is 17.4 Å². The lowest BCUT2D eigenvalue weighted by Gasteiger charge is -2.36. The molecule has 1 aromatic heterocycles. The first-order valence-corrected chi connectivity index (χ1v) is 15.2. The maximum Gasteiger partial charge on any atom is 0.338 e. The highest BCUT2D eigenvalue weighted by atomic mass is 19.2. The molecule has 2 aliphatic rings. The minimum Gasteiger partial charge on any atom is -0.466 e. The Balaban J connectivity index is 1.19. The summed E-state index contributed by atoms with van der Waals surface area (Å²) < 4.78 is 43.3. The van der Waals surface area contributed by atoms with E-state index in [9.17, 15) is 28.0 Å². The molecule has 254 valence electrons. The number of anilines is 1. The van der Waals surface area contributed by atoms with E-state index in [0.717, 1.165) is 49.1 Å². The number of hydrogen-bond donors (Lipinski definition) is 5. The van der Waals surface area contributed by atoms with Crippen molar-refractivity contribution in [2.75, 3.05) is 45.8 Å². The predicted octanol–water partition coefficient (Wildman–Crippen LogP) is 3.74. The highest BCUT2D eigenvalue weighted by Gasteiger charge is 2.43. The summed E-state index contributed by atoms with van der Waals surface area (Å²) >= 11 is 0. The molecule has 1 saturated heterocycles. The summed E-state index contributed by atoms with van der Waals surface area (Å²) in [5.41, 5.74) is 1.54. The molecule has 0 aliphatic carbocycles. The number of carbonyl (C=O) groups excluding carboxylic acids is 4. The van der Waals surface area contributed by atoms with Crippen LogP contribution in [0.1, 0.15) is 46.6 Å². The van der Waals surface area contributed by atoms with Crippen molar-refractivity contribution in [3.05, 3.63) is 101 Å². The first-order chi connectivity index (χ1) is 23.2. The van der Waals surface area contributed by atoms with Gasteiger partial charge < -0.3 is 40.5 Å². The van der Waals surface area contributed by atoms with Gasteiger partial charge in [-0.1, -0.05) is 18.2 Å². The van der Waals surface area contributed by atoms with Crippen LogP contribution in [-0.2, 0) is 14.3 Å². The number of amides is 5. The van der Waals surface area contributed by atoms with E-state index in [1.807, 2.05) is 24.3 Å². The molecule has 0 spiro atoms. The highest BCUT2D eigenvalue weighted by molar-refractivity contribution is 6.02. The molecule has 2 aromatic carbocycles. The molecule has 5 N–H and O–H groups in total. The Morgan fingerprint density at radius 3 is 2.48 bits per heavy atom. The lowest BCUT2D eigenvalue weighted by Crippen LogP contribution is -2.56. The van der Waals surface area contributed by atoms with E-state index in [1.165, 1.54) is 19.4 Å². The lowest BCUT2D eigenvalue weighted by atomic mass is 9.93. The van der Waals surface area contributed by atoms with E-state index in [0.29, 0.717) is 12.2 Å². The van der Waals surface area contributed by atoms with Crippen molar-refractivity contribution in [3.8, 4) is 0 Å². The SMILES string of the molecule is COCC1=C(C(=O)OC)[C@H](c2ccc(F)c(F)c2)N(C(=O)NCCN[C@H]2CCN[C@H](c3ccc(NC(=O)c4ccco4)cc3)C2)C(=O)N1. The summed E-state index contributed by atoms with van der Waals surface area (Å²) in [6.07, 6.45) is 3.03. The van der Waals surface area contributed by atoms with Crippen molar-refractivity contribution in [2.45, 2.75) is 31.0 Å². The number of urea groups is 2. The maximum atomic E-state index is 14.3. The van der Waals surface area contributed by atoms with Gasteiger partial charge in [0.25, 0.3) is 5.91 Å². The Morgan fingerprint density at radius 2 is 1.79 bits per heavy atom. The molecule has 13 nitrogen and oxygen atoms in total. The van der Waals surface area contributed by atoms with Crippen molar-refractivity contribution in [1.29, 1.82) is 0 Å². The van der Waals surface area contributed by atoms with Gasteiger partial charge >= 0.3 is 18.0 Å². The Kier molecular flexibility index (Phi) is 11.2. The zero-order valence-corrected chi connectivity index (χ0v) is 26.3. The molecule has 0 radical (unpaired) electrons. The average molecular weight is 667 g/mol. The van der Waals surface area contributed by atoms with Gasteiger partial charge in [-0.15, -0.1) is 0 Å². The Bertz CT molecular complexity index is 1670. The lowest BCUT2D eigenvalue weighted by molar-refractivity contribution is -0.137. The van der Waals surface area contributed by atoms with Crippen molar-refractivity contribution >= 4 is 29.6 Å². The van der Waals surface area contributed by atoms with E-state index in [4.69, 9.17) is 13.9 Å². The summed E-state index contributed by atoms with van der Waals surface area (Å²) in [5.74, 6) is -3.34. The number of imide groups is 1. The topological polar surface area (TPSA) is 163 Å². The Labute approximate surface area is 275 Å². The summed E-state index contributed by atoms with van der Waals surface area (Å²) in [4.78, 5) is 52.5. The molecule has 48 heavy (non-hydrogen) atoms. The normalized spacial score (nSPS) is 19.5. The van der Waals surface area contributed by atoms with Crippen molar-refractivity contribution in [1.82, 2.24) is 26.2 Å². The maximum absolute atomic E-state index is 14.3. The quantitative estimate of drug-likeness (QED) is 0.152.